The highest BCUT2D eigenvalue weighted by Gasteiger charge is 2.19. The molecule has 20 heavy (non-hydrogen) atoms. The molecule has 2 rings (SSSR count). The van der Waals surface area contributed by atoms with Crippen molar-refractivity contribution < 1.29 is 9.13 Å². The maximum atomic E-state index is 13.9. The highest BCUT2D eigenvalue weighted by atomic mass is 19.1. The van der Waals surface area contributed by atoms with Crippen LogP contribution in [-0.4, -0.2) is 23.4 Å². The first kappa shape index (κ1) is 14.5. The van der Waals surface area contributed by atoms with E-state index in [0.717, 1.165) is 23.4 Å². The summed E-state index contributed by atoms with van der Waals surface area (Å²) in [4.78, 5) is 0. The summed E-state index contributed by atoms with van der Waals surface area (Å²) in [6.45, 7) is 4.82. The first-order valence-electron chi connectivity index (χ1n) is 6.63. The van der Waals surface area contributed by atoms with Crippen LogP contribution in [0.2, 0.25) is 0 Å². The quantitative estimate of drug-likeness (QED) is 0.913. The summed E-state index contributed by atoms with van der Waals surface area (Å²) in [6, 6.07) is 4.97. The molecule has 0 aliphatic heterocycles. The van der Waals surface area contributed by atoms with Crippen molar-refractivity contribution in [3.05, 3.63) is 47.0 Å². The van der Waals surface area contributed by atoms with Crippen molar-refractivity contribution in [1.82, 2.24) is 15.1 Å². The molecule has 0 spiro atoms. The van der Waals surface area contributed by atoms with E-state index < -0.39 is 0 Å². The van der Waals surface area contributed by atoms with Crippen LogP contribution in [0.15, 0.2) is 24.4 Å². The van der Waals surface area contributed by atoms with Gasteiger partial charge in [0.25, 0.3) is 0 Å². The van der Waals surface area contributed by atoms with Gasteiger partial charge in [0, 0.05) is 18.3 Å². The van der Waals surface area contributed by atoms with Crippen LogP contribution in [0, 0.1) is 12.7 Å². The largest absolute Gasteiger partial charge is 0.494 e. The van der Waals surface area contributed by atoms with Crippen LogP contribution in [0.1, 0.15) is 29.8 Å². The summed E-state index contributed by atoms with van der Waals surface area (Å²) >= 11 is 0. The van der Waals surface area contributed by atoms with E-state index in [4.69, 9.17) is 4.74 Å². The number of rotatable bonds is 5. The van der Waals surface area contributed by atoms with Gasteiger partial charge in [-0.25, -0.2) is 4.39 Å². The molecule has 0 amide bonds. The third kappa shape index (κ3) is 2.67. The lowest BCUT2D eigenvalue weighted by molar-refractivity contribution is 0.385. The Morgan fingerprint density at radius 2 is 2.20 bits per heavy atom. The smallest absolute Gasteiger partial charge is 0.165 e. The van der Waals surface area contributed by atoms with Gasteiger partial charge < -0.3 is 10.1 Å². The molecule has 1 N–H and O–H groups in total. The second-order valence-electron chi connectivity index (χ2n) is 4.69. The van der Waals surface area contributed by atoms with Gasteiger partial charge in [0.2, 0.25) is 0 Å². The topological polar surface area (TPSA) is 39.1 Å². The van der Waals surface area contributed by atoms with E-state index in [1.54, 1.807) is 6.07 Å². The van der Waals surface area contributed by atoms with Gasteiger partial charge in [0.05, 0.1) is 19.3 Å². The highest BCUT2D eigenvalue weighted by Crippen LogP contribution is 2.27. The van der Waals surface area contributed by atoms with Crippen molar-refractivity contribution in [2.75, 3.05) is 13.7 Å². The second kappa shape index (κ2) is 6.05. The number of ether oxygens (including phenoxy) is 1. The third-order valence-corrected chi connectivity index (χ3v) is 3.50. The van der Waals surface area contributed by atoms with Gasteiger partial charge in [-0.15, -0.1) is 0 Å². The number of benzene rings is 1. The molecular weight excluding hydrogens is 257 g/mol. The zero-order chi connectivity index (χ0) is 14.7. The van der Waals surface area contributed by atoms with E-state index in [0.29, 0.717) is 0 Å². The number of hydrogen-bond acceptors (Lipinski definition) is 3. The molecule has 108 valence electrons. The molecule has 1 aromatic carbocycles. The minimum absolute atomic E-state index is 0.0749. The Hall–Kier alpha value is -1.88. The molecule has 1 unspecified atom stereocenters. The van der Waals surface area contributed by atoms with E-state index in [1.165, 1.54) is 13.2 Å². The Labute approximate surface area is 118 Å². The van der Waals surface area contributed by atoms with Crippen LogP contribution >= 0.6 is 0 Å². The Morgan fingerprint density at radius 1 is 1.45 bits per heavy atom. The fraction of sp³-hybridized carbons (Fsp3) is 0.400. The molecule has 0 saturated heterocycles. The van der Waals surface area contributed by atoms with Gasteiger partial charge >= 0.3 is 0 Å². The van der Waals surface area contributed by atoms with Gasteiger partial charge in [-0.05, 0) is 31.2 Å². The summed E-state index contributed by atoms with van der Waals surface area (Å²) in [7, 11) is 3.36. The number of aryl methyl sites for hydroxylation is 1. The minimum atomic E-state index is -0.352. The standard InChI is InChI=1S/C15H20FN3O/c1-5-17-15(12-9-18-19(3)10(12)2)11-6-7-14(20-4)13(16)8-11/h6-9,15,17H,5H2,1-4H3. The van der Waals surface area contributed by atoms with Gasteiger partial charge in [0.1, 0.15) is 0 Å². The summed E-state index contributed by atoms with van der Waals surface area (Å²) in [5.41, 5.74) is 2.98. The van der Waals surface area contributed by atoms with Gasteiger partial charge in [-0.3, -0.25) is 4.68 Å². The maximum absolute atomic E-state index is 13.9. The molecule has 1 heterocycles. The summed E-state index contributed by atoms with van der Waals surface area (Å²) in [6.07, 6.45) is 1.82. The number of halogens is 1. The van der Waals surface area contributed by atoms with Crippen molar-refractivity contribution in [2.24, 2.45) is 7.05 Å². The molecular formula is C15H20FN3O. The van der Waals surface area contributed by atoms with E-state index in [-0.39, 0.29) is 17.6 Å². The predicted molar refractivity (Wildman–Crippen MR) is 76.4 cm³/mol. The van der Waals surface area contributed by atoms with Crippen LogP contribution in [-0.2, 0) is 7.05 Å². The summed E-state index contributed by atoms with van der Waals surface area (Å²) in [5.74, 6) is -0.0960. The number of nitrogens with one attached hydrogen (secondary N) is 1. The number of hydrogen-bond donors (Lipinski definition) is 1. The molecule has 0 aliphatic carbocycles. The highest BCUT2D eigenvalue weighted by molar-refractivity contribution is 5.37. The molecule has 1 aromatic heterocycles. The zero-order valence-electron chi connectivity index (χ0n) is 12.3. The lowest BCUT2D eigenvalue weighted by Crippen LogP contribution is -2.22. The van der Waals surface area contributed by atoms with Crippen molar-refractivity contribution in [3.8, 4) is 5.75 Å². The van der Waals surface area contributed by atoms with Crippen LogP contribution in [0.25, 0.3) is 0 Å². The van der Waals surface area contributed by atoms with Crippen molar-refractivity contribution >= 4 is 0 Å². The SMILES string of the molecule is CCNC(c1ccc(OC)c(F)c1)c1cnn(C)c1C. The predicted octanol–water partition coefficient (Wildman–Crippen LogP) is 2.58. The molecule has 4 nitrogen and oxygen atoms in total. The van der Waals surface area contributed by atoms with Crippen LogP contribution in [0.3, 0.4) is 0 Å². The van der Waals surface area contributed by atoms with E-state index >= 15 is 0 Å². The van der Waals surface area contributed by atoms with Crippen LogP contribution in [0.4, 0.5) is 4.39 Å². The summed E-state index contributed by atoms with van der Waals surface area (Å²) in [5, 5.41) is 7.63. The molecule has 2 aromatic rings. The lowest BCUT2D eigenvalue weighted by atomic mass is 9.99. The molecule has 0 bridgehead atoms. The maximum Gasteiger partial charge on any atom is 0.165 e. The summed E-state index contributed by atoms with van der Waals surface area (Å²) < 4.78 is 20.7. The average Bonchev–Trinajstić information content (AvgIpc) is 2.76. The Balaban J connectivity index is 2.43. The van der Waals surface area contributed by atoms with Crippen LogP contribution in [0.5, 0.6) is 5.75 Å². The molecule has 0 fully saturated rings. The Bertz CT molecular complexity index is 595. The van der Waals surface area contributed by atoms with Crippen molar-refractivity contribution in [1.29, 1.82) is 0 Å². The van der Waals surface area contributed by atoms with Crippen LogP contribution < -0.4 is 10.1 Å². The first-order chi connectivity index (χ1) is 9.58. The molecule has 0 aliphatic rings. The molecule has 5 heteroatoms. The van der Waals surface area contributed by atoms with E-state index in [2.05, 4.69) is 10.4 Å². The second-order valence-corrected chi connectivity index (χ2v) is 4.69. The Kier molecular flexibility index (Phi) is 4.39. The van der Waals surface area contributed by atoms with Gasteiger partial charge in [-0.2, -0.15) is 5.10 Å². The number of methoxy groups -OCH3 is 1. The number of aromatic nitrogens is 2. The first-order valence-corrected chi connectivity index (χ1v) is 6.63. The van der Waals surface area contributed by atoms with Gasteiger partial charge in [0.15, 0.2) is 11.6 Å². The average molecular weight is 277 g/mol. The van der Waals surface area contributed by atoms with E-state index in [9.17, 15) is 4.39 Å². The third-order valence-electron chi connectivity index (χ3n) is 3.50. The lowest BCUT2D eigenvalue weighted by Gasteiger charge is -2.19. The molecule has 0 radical (unpaired) electrons. The van der Waals surface area contributed by atoms with E-state index in [1.807, 2.05) is 37.8 Å². The Morgan fingerprint density at radius 3 is 2.70 bits per heavy atom. The monoisotopic (exact) mass is 277 g/mol. The molecule has 1 atom stereocenters. The molecule has 0 saturated carbocycles. The fourth-order valence-electron chi connectivity index (χ4n) is 2.27. The number of nitrogens with zero attached hydrogens (tertiary/aromatic N) is 2. The van der Waals surface area contributed by atoms with Gasteiger partial charge in [-0.1, -0.05) is 13.0 Å². The minimum Gasteiger partial charge on any atom is -0.494 e. The zero-order valence-corrected chi connectivity index (χ0v) is 12.3. The van der Waals surface area contributed by atoms with Crippen molar-refractivity contribution in [3.63, 3.8) is 0 Å². The fourth-order valence-corrected chi connectivity index (χ4v) is 2.27. The van der Waals surface area contributed by atoms with Crippen molar-refractivity contribution in [2.45, 2.75) is 19.9 Å². The normalized spacial score (nSPS) is 12.4.